The van der Waals surface area contributed by atoms with Gasteiger partial charge in [0, 0.05) is 32.7 Å². The number of anilines is 1. The van der Waals surface area contributed by atoms with Crippen LogP contribution in [0.5, 0.6) is 5.75 Å². The molecule has 7 heteroatoms. The van der Waals surface area contributed by atoms with Gasteiger partial charge in [-0.05, 0) is 36.2 Å². The van der Waals surface area contributed by atoms with Gasteiger partial charge in [-0.15, -0.1) is 24.0 Å². The van der Waals surface area contributed by atoms with E-state index in [1.807, 2.05) is 42.5 Å². The van der Waals surface area contributed by atoms with E-state index in [0.29, 0.717) is 18.2 Å². The van der Waals surface area contributed by atoms with Crippen LogP contribution < -0.4 is 20.3 Å². The molecule has 1 unspecified atom stereocenters. The standard InChI is InChI=1S/C21H25N5O.HI/c1-23-21(24-14-17-9-7-16(13-22)8-10-17)25-18-11-12-26(15-18)19-5-3-4-6-20(19)27-2;/h3-10,18H,11-12,14-15H2,1-2H3,(H2,23,24,25);1H. The van der Waals surface area contributed by atoms with Crippen LogP contribution in [-0.4, -0.2) is 39.2 Å². The first-order valence-electron chi connectivity index (χ1n) is 9.07. The first-order valence-corrected chi connectivity index (χ1v) is 9.07. The molecule has 0 saturated carbocycles. The van der Waals surface area contributed by atoms with Crippen molar-refractivity contribution in [1.29, 1.82) is 5.26 Å². The average molecular weight is 491 g/mol. The number of aliphatic imine (C=N–C) groups is 1. The van der Waals surface area contributed by atoms with Crippen molar-refractivity contribution in [2.24, 2.45) is 4.99 Å². The largest absolute Gasteiger partial charge is 0.495 e. The van der Waals surface area contributed by atoms with Gasteiger partial charge in [-0.25, -0.2) is 0 Å². The van der Waals surface area contributed by atoms with Crippen LogP contribution in [0.4, 0.5) is 5.69 Å². The van der Waals surface area contributed by atoms with E-state index in [0.717, 1.165) is 42.5 Å². The van der Waals surface area contributed by atoms with Crippen LogP contribution in [-0.2, 0) is 6.54 Å². The Morgan fingerprint density at radius 2 is 2.00 bits per heavy atom. The molecule has 0 aromatic heterocycles. The van der Waals surface area contributed by atoms with Gasteiger partial charge in [0.05, 0.1) is 24.4 Å². The van der Waals surface area contributed by atoms with Crippen LogP contribution in [0.25, 0.3) is 0 Å². The van der Waals surface area contributed by atoms with Crippen LogP contribution >= 0.6 is 24.0 Å². The minimum atomic E-state index is 0. The number of hydrogen-bond acceptors (Lipinski definition) is 4. The second-order valence-corrected chi connectivity index (χ2v) is 6.48. The number of rotatable bonds is 5. The molecule has 1 aliphatic heterocycles. The Morgan fingerprint density at radius 1 is 1.25 bits per heavy atom. The van der Waals surface area contributed by atoms with Gasteiger partial charge in [0.1, 0.15) is 5.75 Å². The average Bonchev–Trinajstić information content (AvgIpc) is 3.19. The van der Waals surface area contributed by atoms with Gasteiger partial charge >= 0.3 is 0 Å². The lowest BCUT2D eigenvalue weighted by molar-refractivity contribution is 0.415. The molecule has 1 saturated heterocycles. The molecule has 0 bridgehead atoms. The highest BCUT2D eigenvalue weighted by molar-refractivity contribution is 14.0. The minimum absolute atomic E-state index is 0. The monoisotopic (exact) mass is 491 g/mol. The first kappa shape index (κ1) is 21.8. The van der Waals surface area contributed by atoms with Gasteiger partial charge in [0.2, 0.25) is 0 Å². The second-order valence-electron chi connectivity index (χ2n) is 6.48. The van der Waals surface area contributed by atoms with Gasteiger partial charge in [-0.3, -0.25) is 4.99 Å². The van der Waals surface area contributed by atoms with E-state index in [4.69, 9.17) is 10.00 Å². The Kier molecular flexibility index (Phi) is 8.39. The molecule has 0 spiro atoms. The fraction of sp³-hybridized carbons (Fsp3) is 0.333. The number of methoxy groups -OCH3 is 1. The molecule has 1 fully saturated rings. The summed E-state index contributed by atoms with van der Waals surface area (Å²) in [6.45, 7) is 2.54. The van der Waals surface area contributed by atoms with Crippen LogP contribution in [0.3, 0.4) is 0 Å². The molecular formula is C21H26IN5O. The SMILES string of the molecule is CN=C(NCc1ccc(C#N)cc1)NC1CCN(c2ccccc2OC)C1.I. The Morgan fingerprint density at radius 3 is 2.68 bits per heavy atom. The fourth-order valence-electron chi connectivity index (χ4n) is 3.26. The van der Waals surface area contributed by atoms with Crippen molar-refractivity contribution in [1.82, 2.24) is 10.6 Å². The summed E-state index contributed by atoms with van der Waals surface area (Å²) in [5.74, 6) is 1.69. The molecule has 28 heavy (non-hydrogen) atoms. The summed E-state index contributed by atoms with van der Waals surface area (Å²) in [4.78, 5) is 6.67. The highest BCUT2D eigenvalue weighted by atomic mass is 127. The van der Waals surface area contributed by atoms with Crippen molar-refractivity contribution in [2.75, 3.05) is 32.1 Å². The Bertz CT molecular complexity index is 831. The quantitative estimate of drug-likeness (QED) is 0.382. The Labute approximate surface area is 183 Å². The lowest BCUT2D eigenvalue weighted by Gasteiger charge is -2.22. The first-order chi connectivity index (χ1) is 13.2. The highest BCUT2D eigenvalue weighted by Crippen LogP contribution is 2.30. The fourth-order valence-corrected chi connectivity index (χ4v) is 3.26. The molecule has 0 radical (unpaired) electrons. The summed E-state index contributed by atoms with van der Waals surface area (Å²) in [6.07, 6.45) is 1.04. The van der Waals surface area contributed by atoms with Crippen molar-refractivity contribution >= 4 is 35.6 Å². The zero-order valence-electron chi connectivity index (χ0n) is 16.2. The summed E-state index contributed by atoms with van der Waals surface area (Å²) in [6, 6.07) is 18.1. The summed E-state index contributed by atoms with van der Waals surface area (Å²) >= 11 is 0. The van der Waals surface area contributed by atoms with E-state index >= 15 is 0 Å². The zero-order chi connectivity index (χ0) is 19.1. The van der Waals surface area contributed by atoms with Gasteiger partial charge < -0.3 is 20.3 Å². The Hall–Kier alpha value is -2.47. The van der Waals surface area contributed by atoms with Crippen molar-refractivity contribution in [3.8, 4) is 11.8 Å². The molecule has 148 valence electrons. The predicted molar refractivity (Wildman–Crippen MR) is 124 cm³/mol. The number of hydrogen-bond donors (Lipinski definition) is 2. The maximum absolute atomic E-state index is 8.87. The van der Waals surface area contributed by atoms with Crippen LogP contribution in [0.1, 0.15) is 17.5 Å². The van der Waals surface area contributed by atoms with Gasteiger partial charge in [-0.1, -0.05) is 24.3 Å². The number of halogens is 1. The molecular weight excluding hydrogens is 465 g/mol. The minimum Gasteiger partial charge on any atom is -0.495 e. The number of benzene rings is 2. The summed E-state index contributed by atoms with van der Waals surface area (Å²) in [5.41, 5.74) is 2.91. The summed E-state index contributed by atoms with van der Waals surface area (Å²) in [5, 5.41) is 15.7. The molecule has 0 aliphatic carbocycles. The Balaban J connectivity index is 0.00000280. The lowest BCUT2D eigenvalue weighted by Crippen LogP contribution is -2.44. The molecule has 1 atom stereocenters. The normalized spacial score (nSPS) is 16.1. The number of guanidine groups is 1. The van der Waals surface area contributed by atoms with E-state index in [1.165, 1.54) is 0 Å². The molecule has 2 aromatic carbocycles. The topological polar surface area (TPSA) is 72.7 Å². The predicted octanol–water partition coefficient (Wildman–Crippen LogP) is 3.13. The third-order valence-electron chi connectivity index (χ3n) is 4.72. The number of nitriles is 1. The molecule has 2 N–H and O–H groups in total. The highest BCUT2D eigenvalue weighted by Gasteiger charge is 2.25. The molecule has 1 aliphatic rings. The number of para-hydroxylation sites is 2. The van der Waals surface area contributed by atoms with Crippen molar-refractivity contribution in [3.63, 3.8) is 0 Å². The van der Waals surface area contributed by atoms with Crippen molar-refractivity contribution in [2.45, 2.75) is 19.0 Å². The van der Waals surface area contributed by atoms with Crippen LogP contribution in [0, 0.1) is 11.3 Å². The molecule has 2 aromatic rings. The summed E-state index contributed by atoms with van der Waals surface area (Å²) < 4.78 is 5.48. The van der Waals surface area contributed by atoms with E-state index in [1.54, 1.807) is 14.2 Å². The smallest absolute Gasteiger partial charge is 0.191 e. The van der Waals surface area contributed by atoms with E-state index in [9.17, 15) is 0 Å². The van der Waals surface area contributed by atoms with Crippen molar-refractivity contribution in [3.05, 3.63) is 59.7 Å². The van der Waals surface area contributed by atoms with Crippen molar-refractivity contribution < 1.29 is 4.74 Å². The van der Waals surface area contributed by atoms with Crippen LogP contribution in [0.15, 0.2) is 53.5 Å². The summed E-state index contributed by atoms with van der Waals surface area (Å²) in [7, 11) is 3.49. The van der Waals surface area contributed by atoms with Gasteiger partial charge in [0.25, 0.3) is 0 Å². The van der Waals surface area contributed by atoms with E-state index in [2.05, 4.69) is 32.7 Å². The second kappa shape index (κ2) is 10.8. The zero-order valence-corrected chi connectivity index (χ0v) is 18.5. The molecule has 6 nitrogen and oxygen atoms in total. The lowest BCUT2D eigenvalue weighted by atomic mass is 10.1. The third-order valence-corrected chi connectivity index (χ3v) is 4.72. The molecule has 3 rings (SSSR count). The van der Waals surface area contributed by atoms with Crippen LogP contribution in [0.2, 0.25) is 0 Å². The third kappa shape index (κ3) is 5.52. The van der Waals surface area contributed by atoms with E-state index < -0.39 is 0 Å². The van der Waals surface area contributed by atoms with Gasteiger partial charge in [0.15, 0.2) is 5.96 Å². The number of ether oxygens (including phenoxy) is 1. The van der Waals surface area contributed by atoms with E-state index in [-0.39, 0.29) is 24.0 Å². The molecule has 0 amide bonds. The molecule has 1 heterocycles. The maximum Gasteiger partial charge on any atom is 0.191 e. The number of nitrogens with one attached hydrogen (secondary N) is 2. The maximum atomic E-state index is 8.87. The van der Waals surface area contributed by atoms with Gasteiger partial charge in [-0.2, -0.15) is 5.26 Å². The number of nitrogens with zero attached hydrogens (tertiary/aromatic N) is 3.